The molecule has 6 nitrogen and oxygen atoms in total. The first-order chi connectivity index (χ1) is 23.6. The topological polar surface area (TPSA) is 112 Å². The van der Waals surface area contributed by atoms with Gasteiger partial charge in [-0.15, -0.1) is 0 Å². The van der Waals surface area contributed by atoms with Gasteiger partial charge in [-0.05, 0) is 108 Å². The van der Waals surface area contributed by atoms with Crippen molar-refractivity contribution in [2.24, 2.45) is 0 Å². The summed E-state index contributed by atoms with van der Waals surface area (Å²) in [6.45, 7) is 4.30. The molecule has 0 amide bonds. The summed E-state index contributed by atoms with van der Waals surface area (Å²) >= 11 is 2.41. The molecule has 0 aliphatic carbocycles. The van der Waals surface area contributed by atoms with Crippen LogP contribution in [0.1, 0.15) is 22.3 Å². The smallest absolute Gasteiger partial charge is 0.522 e. The minimum atomic E-state index is -6.09. The van der Waals surface area contributed by atoms with Gasteiger partial charge in [0.05, 0.1) is 10.9 Å². The van der Waals surface area contributed by atoms with E-state index >= 15 is 0 Å². The second-order valence-electron chi connectivity index (χ2n) is 10.8. The molecule has 1 N–H and O–H groups in total. The average molecular weight is 883 g/mol. The van der Waals surface area contributed by atoms with Crippen molar-refractivity contribution in [1.29, 1.82) is 0 Å². The van der Waals surface area contributed by atoms with E-state index in [2.05, 4.69) is 158 Å². The van der Waals surface area contributed by atoms with Crippen molar-refractivity contribution in [2.75, 3.05) is 0 Å². The Balaban J connectivity index is 0.000000366. The van der Waals surface area contributed by atoms with Crippen molar-refractivity contribution in [3.63, 3.8) is 0 Å². The third-order valence-electron chi connectivity index (χ3n) is 6.80. The predicted molar refractivity (Wildman–Crippen MR) is 192 cm³/mol. The molecule has 0 atom stereocenters. The standard InChI is InChI=1S/C33H28IS.2CHF3O3S/c1-24-7-17-29(18-8-24)35(30-19-9-25(2)10-20-30)31-21-13-27(14-22-31)23-26-11-15-28(16-12-26)32-5-3-4-6-33(32)34;2*2-1(3,4)8(5,6)7/h3-22H,23H2,1-2H3;2*(H,5,6,7)/q+1;;/p-1. The van der Waals surface area contributed by atoms with Gasteiger partial charge in [0.25, 0.3) is 0 Å². The molecular formula is C35H29F6IO6S3. The molecule has 0 saturated carbocycles. The van der Waals surface area contributed by atoms with Crippen LogP contribution in [0.3, 0.4) is 0 Å². The van der Waals surface area contributed by atoms with Crippen molar-refractivity contribution in [3.05, 3.63) is 147 Å². The fourth-order valence-corrected chi connectivity index (χ4v) is 6.97. The fraction of sp³-hybridized carbons (Fsp3) is 0.143. The van der Waals surface area contributed by atoms with Gasteiger partial charge in [0.15, 0.2) is 24.8 Å². The molecule has 0 aliphatic rings. The highest BCUT2D eigenvalue weighted by atomic mass is 127. The monoisotopic (exact) mass is 882 g/mol. The summed E-state index contributed by atoms with van der Waals surface area (Å²) in [5.74, 6) is 0. The van der Waals surface area contributed by atoms with Crippen LogP contribution in [0.15, 0.2) is 136 Å². The highest BCUT2D eigenvalue weighted by Gasteiger charge is 2.44. The van der Waals surface area contributed by atoms with E-state index in [1.54, 1.807) is 0 Å². The number of aryl methyl sites for hydroxylation is 2. The molecule has 0 aromatic heterocycles. The summed E-state index contributed by atoms with van der Waals surface area (Å²) in [5.41, 5.74) is -3.35. The summed E-state index contributed by atoms with van der Waals surface area (Å²) in [5, 5.41) is 0. The first kappa shape index (κ1) is 42.0. The van der Waals surface area contributed by atoms with E-state index in [0.717, 1.165) is 6.42 Å². The van der Waals surface area contributed by atoms with E-state index < -0.39 is 31.3 Å². The molecule has 0 fully saturated rings. The lowest BCUT2D eigenvalue weighted by Gasteiger charge is -2.10. The van der Waals surface area contributed by atoms with E-state index in [0.29, 0.717) is 0 Å². The molecule has 0 saturated heterocycles. The maximum absolute atomic E-state index is 10.7. The molecule has 0 radical (unpaired) electrons. The van der Waals surface area contributed by atoms with E-state index in [9.17, 15) is 26.3 Å². The van der Waals surface area contributed by atoms with E-state index in [4.69, 9.17) is 25.9 Å². The van der Waals surface area contributed by atoms with Crippen LogP contribution >= 0.6 is 22.6 Å². The SMILES string of the molecule is Cc1ccc([S+](c2ccc(C)cc2)c2ccc(Cc3ccc(-c4ccccc4I)cc3)cc2)cc1.O=S(=O)(O)C(F)(F)F.O=S(=O)([O-])C(F)(F)F. The molecule has 16 heteroatoms. The molecule has 0 bridgehead atoms. The van der Waals surface area contributed by atoms with Gasteiger partial charge in [-0.3, -0.25) is 4.55 Å². The van der Waals surface area contributed by atoms with E-state index in [1.807, 2.05) is 0 Å². The van der Waals surface area contributed by atoms with E-state index in [1.165, 1.54) is 51.6 Å². The Labute approximate surface area is 308 Å². The van der Waals surface area contributed by atoms with Gasteiger partial charge in [0.2, 0.25) is 0 Å². The third kappa shape index (κ3) is 12.6. The number of halogens is 7. The summed E-state index contributed by atoms with van der Waals surface area (Å²) in [6.07, 6.45) is 0.940. The highest BCUT2D eigenvalue weighted by molar-refractivity contribution is 14.1. The Morgan fingerprint density at radius 3 is 1.27 bits per heavy atom. The summed E-state index contributed by atoms with van der Waals surface area (Å²) < 4.78 is 118. The second-order valence-corrected chi connectivity index (χ2v) is 16.7. The maximum Gasteiger partial charge on any atom is 0.522 e. The molecule has 51 heavy (non-hydrogen) atoms. The largest absolute Gasteiger partial charge is 0.741 e. The minimum Gasteiger partial charge on any atom is -0.741 e. The van der Waals surface area contributed by atoms with Gasteiger partial charge in [-0.2, -0.15) is 34.8 Å². The summed E-state index contributed by atoms with van der Waals surface area (Å²) in [6, 6.07) is 44.8. The van der Waals surface area contributed by atoms with Gasteiger partial charge in [-0.1, -0.05) is 90.0 Å². The first-order valence-corrected chi connectivity index (χ1v) is 19.6. The van der Waals surface area contributed by atoms with Gasteiger partial charge in [-0.25, -0.2) is 8.42 Å². The van der Waals surface area contributed by atoms with Crippen LogP contribution in [0, 0.1) is 17.4 Å². The molecule has 272 valence electrons. The van der Waals surface area contributed by atoms with Crippen LogP contribution in [-0.4, -0.2) is 37.0 Å². The van der Waals surface area contributed by atoms with Gasteiger partial charge >= 0.3 is 21.1 Å². The lowest BCUT2D eigenvalue weighted by molar-refractivity contribution is -0.0519. The first-order valence-electron chi connectivity index (χ1n) is 14.4. The average Bonchev–Trinajstić information content (AvgIpc) is 3.03. The van der Waals surface area contributed by atoms with Gasteiger partial charge in [0, 0.05) is 3.57 Å². The van der Waals surface area contributed by atoms with Gasteiger partial charge < -0.3 is 4.55 Å². The second kappa shape index (κ2) is 17.4. The number of rotatable bonds is 6. The van der Waals surface area contributed by atoms with Crippen molar-refractivity contribution >= 4 is 53.7 Å². The van der Waals surface area contributed by atoms with Crippen molar-refractivity contribution < 1.29 is 52.3 Å². The van der Waals surface area contributed by atoms with Crippen LogP contribution in [0.25, 0.3) is 11.1 Å². The predicted octanol–water partition coefficient (Wildman–Crippen LogP) is 9.71. The number of alkyl halides is 6. The molecule has 0 aliphatic heterocycles. The van der Waals surface area contributed by atoms with E-state index in [-0.39, 0.29) is 10.9 Å². The van der Waals surface area contributed by atoms with Gasteiger partial charge in [0.1, 0.15) is 0 Å². The Morgan fingerprint density at radius 2 is 0.941 bits per heavy atom. The summed E-state index contributed by atoms with van der Waals surface area (Å²) in [7, 11) is -12.0. The third-order valence-corrected chi connectivity index (χ3v) is 11.1. The number of benzene rings is 5. The van der Waals surface area contributed by atoms with Crippen LogP contribution in [0.5, 0.6) is 0 Å². The Morgan fingerprint density at radius 1 is 0.608 bits per heavy atom. The Bertz CT molecular complexity index is 2020. The lowest BCUT2D eigenvalue weighted by Crippen LogP contribution is -2.21. The zero-order valence-electron chi connectivity index (χ0n) is 26.6. The Kier molecular flexibility index (Phi) is 14.3. The van der Waals surface area contributed by atoms with Crippen LogP contribution in [0.4, 0.5) is 26.3 Å². The Hall–Kier alpha value is -3.42. The molecule has 0 spiro atoms. The molecule has 0 heterocycles. The molecule has 0 unspecified atom stereocenters. The minimum absolute atomic E-state index is 0.113. The zero-order chi connectivity index (χ0) is 38.2. The normalized spacial score (nSPS) is 12.0. The number of hydrogen-bond acceptors (Lipinski definition) is 5. The van der Waals surface area contributed by atoms with Crippen molar-refractivity contribution in [2.45, 2.75) is 46.0 Å². The molecule has 5 rings (SSSR count). The van der Waals surface area contributed by atoms with Crippen molar-refractivity contribution in [1.82, 2.24) is 0 Å². The van der Waals surface area contributed by atoms with Crippen LogP contribution in [0.2, 0.25) is 0 Å². The highest BCUT2D eigenvalue weighted by Crippen LogP contribution is 2.32. The summed E-state index contributed by atoms with van der Waals surface area (Å²) in [4.78, 5) is 4.08. The molecule has 5 aromatic rings. The lowest BCUT2D eigenvalue weighted by atomic mass is 10.0. The van der Waals surface area contributed by atoms with Crippen molar-refractivity contribution in [3.8, 4) is 11.1 Å². The van der Waals surface area contributed by atoms with Crippen LogP contribution < -0.4 is 0 Å². The molecular weight excluding hydrogens is 853 g/mol. The van der Waals surface area contributed by atoms with Crippen LogP contribution in [-0.2, 0) is 37.6 Å². The number of hydrogen-bond donors (Lipinski definition) is 1. The zero-order valence-corrected chi connectivity index (χ0v) is 31.2. The molecule has 5 aromatic carbocycles. The quantitative estimate of drug-likeness (QED) is 0.0598. The maximum atomic E-state index is 10.7. The fourth-order valence-electron chi connectivity index (χ4n) is 4.23.